The minimum atomic E-state index is -0.467. The fraction of sp³-hybridized carbons (Fsp3) is 0.632. The third-order valence-corrected chi connectivity index (χ3v) is 5.16. The van der Waals surface area contributed by atoms with E-state index in [0.717, 1.165) is 18.4 Å². The summed E-state index contributed by atoms with van der Waals surface area (Å²) in [6.45, 7) is 10.2. The predicted molar refractivity (Wildman–Crippen MR) is 95.9 cm³/mol. The lowest BCUT2D eigenvalue weighted by molar-refractivity contribution is -0.140. The zero-order valence-electron chi connectivity index (χ0n) is 15.7. The molecule has 1 atom stereocenters. The van der Waals surface area contributed by atoms with E-state index in [1.54, 1.807) is 0 Å². The highest BCUT2D eigenvalue weighted by atomic mass is 16.7. The van der Waals surface area contributed by atoms with Crippen LogP contribution in [0.5, 0.6) is 0 Å². The lowest BCUT2D eigenvalue weighted by Crippen LogP contribution is -2.41. The van der Waals surface area contributed by atoms with Crippen LogP contribution in [0.25, 0.3) is 0 Å². The van der Waals surface area contributed by atoms with Gasteiger partial charge in [-0.3, -0.25) is 4.79 Å². The largest absolute Gasteiger partial charge is 0.469 e. The molecule has 0 radical (unpaired) electrons. The molecular weight excluding hydrogens is 303 g/mol. The van der Waals surface area contributed by atoms with E-state index in [4.69, 9.17) is 14.0 Å². The number of esters is 1. The van der Waals surface area contributed by atoms with Crippen molar-refractivity contribution in [3.05, 3.63) is 35.4 Å². The normalized spacial score (nSPS) is 20.0. The van der Waals surface area contributed by atoms with Crippen molar-refractivity contribution in [2.75, 3.05) is 7.11 Å². The first-order chi connectivity index (χ1) is 11.2. The molecule has 5 heteroatoms. The van der Waals surface area contributed by atoms with Crippen molar-refractivity contribution in [1.29, 1.82) is 0 Å². The van der Waals surface area contributed by atoms with Gasteiger partial charge in [0.1, 0.15) is 0 Å². The summed E-state index contributed by atoms with van der Waals surface area (Å²) >= 11 is 0. The molecule has 1 aromatic carbocycles. The number of carbonyl (C=O) groups is 1. The number of ether oxygens (including phenoxy) is 1. The van der Waals surface area contributed by atoms with Crippen LogP contribution in [0.4, 0.5) is 0 Å². The van der Waals surface area contributed by atoms with E-state index in [1.165, 1.54) is 12.7 Å². The van der Waals surface area contributed by atoms with Crippen LogP contribution in [0.3, 0.4) is 0 Å². The van der Waals surface area contributed by atoms with Gasteiger partial charge in [0.15, 0.2) is 0 Å². The minimum Gasteiger partial charge on any atom is -0.469 e. The second-order valence-corrected chi connectivity index (χ2v) is 7.50. The van der Waals surface area contributed by atoms with E-state index in [0.29, 0.717) is 0 Å². The molecular formula is C19H29BO4. The summed E-state index contributed by atoms with van der Waals surface area (Å²) in [5.74, 6) is -0.443. The van der Waals surface area contributed by atoms with Crippen LogP contribution < -0.4 is 0 Å². The Morgan fingerprint density at radius 3 is 2.12 bits per heavy atom. The second kappa shape index (κ2) is 7.28. The minimum absolute atomic E-state index is 0.186. The van der Waals surface area contributed by atoms with Crippen molar-refractivity contribution in [1.82, 2.24) is 0 Å². The van der Waals surface area contributed by atoms with Crippen molar-refractivity contribution in [3.8, 4) is 0 Å². The molecule has 0 spiro atoms. The van der Waals surface area contributed by atoms with Crippen LogP contribution >= 0.6 is 0 Å². The summed E-state index contributed by atoms with van der Waals surface area (Å²) in [4.78, 5) is 11.9. The van der Waals surface area contributed by atoms with Crippen molar-refractivity contribution >= 4 is 13.1 Å². The molecule has 132 valence electrons. The lowest BCUT2D eigenvalue weighted by atomic mass is 9.66. The number of aryl methyl sites for hydroxylation is 1. The maximum Gasteiger partial charge on any atom is 0.466 e. The van der Waals surface area contributed by atoms with Gasteiger partial charge in [-0.25, -0.2) is 0 Å². The third-order valence-electron chi connectivity index (χ3n) is 5.16. The molecule has 1 saturated heterocycles. The Morgan fingerprint density at radius 2 is 1.67 bits per heavy atom. The Kier molecular flexibility index (Phi) is 5.76. The van der Waals surface area contributed by atoms with E-state index >= 15 is 0 Å². The van der Waals surface area contributed by atoms with Gasteiger partial charge in [0.05, 0.1) is 24.7 Å². The molecule has 2 rings (SSSR count). The van der Waals surface area contributed by atoms with Gasteiger partial charge >= 0.3 is 13.1 Å². The van der Waals surface area contributed by atoms with Gasteiger partial charge in [-0.2, -0.15) is 0 Å². The predicted octanol–water partition coefficient (Wildman–Crippen LogP) is 3.92. The molecule has 1 aliphatic rings. The van der Waals surface area contributed by atoms with Gasteiger partial charge in [-0.15, -0.1) is 0 Å². The number of hydrogen-bond acceptors (Lipinski definition) is 4. The summed E-state index contributed by atoms with van der Waals surface area (Å²) < 4.78 is 17.2. The second-order valence-electron chi connectivity index (χ2n) is 7.50. The van der Waals surface area contributed by atoms with Crippen LogP contribution in [-0.2, 0) is 25.3 Å². The zero-order chi connectivity index (χ0) is 18.0. The Morgan fingerprint density at radius 1 is 1.12 bits per heavy atom. The number of hydrogen-bond donors (Lipinski definition) is 0. The molecule has 0 saturated carbocycles. The van der Waals surface area contributed by atoms with Crippen molar-refractivity contribution in [3.63, 3.8) is 0 Å². The summed E-state index contributed by atoms with van der Waals surface area (Å²) in [6.07, 6.45) is 2.40. The molecule has 1 aromatic rings. The van der Waals surface area contributed by atoms with Crippen LogP contribution in [0, 0.1) is 0 Å². The first-order valence-electron chi connectivity index (χ1n) is 8.71. The molecule has 1 heterocycles. The number of benzene rings is 1. The highest BCUT2D eigenvalue weighted by molar-refractivity contribution is 6.48. The topological polar surface area (TPSA) is 44.8 Å². The summed E-state index contributed by atoms with van der Waals surface area (Å²) in [5, 5.41) is 0. The summed E-state index contributed by atoms with van der Waals surface area (Å²) in [7, 11) is 0.944. The first kappa shape index (κ1) is 19.0. The van der Waals surface area contributed by atoms with Crippen molar-refractivity contribution in [2.45, 2.75) is 70.9 Å². The van der Waals surface area contributed by atoms with E-state index in [-0.39, 0.29) is 18.2 Å². The fourth-order valence-electron chi connectivity index (χ4n) is 2.91. The quantitative estimate of drug-likeness (QED) is 0.585. The maximum atomic E-state index is 11.9. The van der Waals surface area contributed by atoms with Crippen LogP contribution in [0.15, 0.2) is 24.3 Å². The highest BCUT2D eigenvalue weighted by Gasteiger charge is 2.54. The molecule has 24 heavy (non-hydrogen) atoms. The van der Waals surface area contributed by atoms with Crippen LogP contribution in [-0.4, -0.2) is 31.4 Å². The van der Waals surface area contributed by atoms with Gasteiger partial charge in [-0.1, -0.05) is 37.6 Å². The molecule has 4 nitrogen and oxygen atoms in total. The fourth-order valence-corrected chi connectivity index (χ4v) is 2.91. The van der Waals surface area contributed by atoms with Crippen LogP contribution in [0.2, 0.25) is 0 Å². The van der Waals surface area contributed by atoms with E-state index in [2.05, 4.69) is 31.2 Å². The number of methoxy groups -OCH3 is 1. The van der Waals surface area contributed by atoms with E-state index in [9.17, 15) is 4.79 Å². The van der Waals surface area contributed by atoms with Gasteiger partial charge in [0.25, 0.3) is 0 Å². The van der Waals surface area contributed by atoms with E-state index < -0.39 is 18.3 Å². The smallest absolute Gasteiger partial charge is 0.466 e. The van der Waals surface area contributed by atoms with Crippen molar-refractivity contribution in [2.24, 2.45) is 0 Å². The zero-order valence-corrected chi connectivity index (χ0v) is 15.7. The molecule has 0 amide bonds. The Bertz CT molecular complexity index is 549. The van der Waals surface area contributed by atoms with Gasteiger partial charge in [-0.05, 0) is 45.2 Å². The number of carbonyl (C=O) groups excluding carboxylic acids is 1. The highest BCUT2D eigenvalue weighted by Crippen LogP contribution is 2.41. The SMILES string of the molecule is CCCc1ccc(C(CC(=O)OC)B2OC(C)(C)C(C)(C)O2)cc1. The van der Waals surface area contributed by atoms with E-state index in [1.807, 2.05) is 27.7 Å². The van der Waals surface area contributed by atoms with Crippen molar-refractivity contribution < 1.29 is 18.8 Å². The summed E-state index contributed by atoms with van der Waals surface area (Å²) in [6, 6.07) is 8.38. The number of rotatable bonds is 6. The molecule has 0 aliphatic carbocycles. The summed E-state index contributed by atoms with van der Waals surface area (Å²) in [5.41, 5.74) is 1.49. The maximum absolute atomic E-state index is 11.9. The molecule has 1 aliphatic heterocycles. The van der Waals surface area contributed by atoms with Gasteiger partial charge in [0, 0.05) is 5.82 Å². The Balaban J connectivity index is 2.27. The first-order valence-corrected chi connectivity index (χ1v) is 8.71. The molecule has 0 N–H and O–H groups in total. The van der Waals surface area contributed by atoms with Crippen LogP contribution in [0.1, 0.15) is 64.4 Å². The third kappa shape index (κ3) is 4.01. The Hall–Kier alpha value is -1.33. The monoisotopic (exact) mass is 332 g/mol. The Labute approximate surface area is 146 Å². The van der Waals surface area contributed by atoms with Gasteiger partial charge in [0.2, 0.25) is 0 Å². The molecule has 1 fully saturated rings. The molecule has 1 unspecified atom stereocenters. The lowest BCUT2D eigenvalue weighted by Gasteiger charge is -2.32. The standard InChI is InChI=1S/C19H29BO4/c1-7-8-14-9-11-15(12-10-14)16(13-17(21)22-6)20-23-18(2,3)19(4,5)24-20/h9-12,16H,7-8,13H2,1-6H3. The molecule has 0 bridgehead atoms. The molecule has 0 aromatic heterocycles. The average Bonchev–Trinajstić information content (AvgIpc) is 2.74. The average molecular weight is 332 g/mol. The van der Waals surface area contributed by atoms with Gasteiger partial charge < -0.3 is 14.0 Å².